The SMILES string of the molecule is COc1ccccc1CNC1CCCN(CCCCCCO)C1c1ccccc1. The zero-order valence-corrected chi connectivity index (χ0v) is 17.7. The van der Waals surface area contributed by atoms with E-state index >= 15 is 0 Å². The molecule has 0 amide bonds. The summed E-state index contributed by atoms with van der Waals surface area (Å²) in [6.07, 6.45) is 6.85. The van der Waals surface area contributed by atoms with Crippen LogP contribution in [0.1, 0.15) is 55.7 Å². The number of aliphatic hydroxyl groups excluding tert-OH is 1. The number of ether oxygens (including phenoxy) is 1. The number of para-hydroxylation sites is 1. The molecular weight excluding hydrogens is 360 g/mol. The summed E-state index contributed by atoms with van der Waals surface area (Å²) in [6.45, 7) is 3.41. The maximum absolute atomic E-state index is 9.00. The Morgan fingerprint density at radius 1 is 1.00 bits per heavy atom. The zero-order chi connectivity index (χ0) is 20.3. The van der Waals surface area contributed by atoms with E-state index in [0.717, 1.165) is 38.2 Å². The number of hydrogen-bond donors (Lipinski definition) is 2. The summed E-state index contributed by atoms with van der Waals surface area (Å²) in [4.78, 5) is 2.66. The fourth-order valence-electron chi connectivity index (χ4n) is 4.49. The van der Waals surface area contributed by atoms with Gasteiger partial charge in [0.1, 0.15) is 5.75 Å². The van der Waals surface area contributed by atoms with Crippen LogP contribution in [0.25, 0.3) is 0 Å². The lowest BCUT2D eigenvalue weighted by Crippen LogP contribution is -2.48. The van der Waals surface area contributed by atoms with Gasteiger partial charge in [0.05, 0.1) is 13.2 Å². The van der Waals surface area contributed by atoms with Gasteiger partial charge in [-0.1, -0.05) is 61.4 Å². The number of nitrogens with zero attached hydrogens (tertiary/aromatic N) is 1. The second-order valence-corrected chi connectivity index (χ2v) is 7.97. The molecule has 3 rings (SSSR count). The molecule has 0 spiro atoms. The van der Waals surface area contributed by atoms with E-state index in [-0.39, 0.29) is 0 Å². The van der Waals surface area contributed by atoms with Crippen LogP contribution in [0.5, 0.6) is 5.75 Å². The van der Waals surface area contributed by atoms with Crippen LogP contribution in [0.15, 0.2) is 54.6 Å². The summed E-state index contributed by atoms with van der Waals surface area (Å²) in [5, 5.41) is 12.8. The maximum Gasteiger partial charge on any atom is 0.123 e. The number of nitrogens with one attached hydrogen (secondary N) is 1. The van der Waals surface area contributed by atoms with Gasteiger partial charge < -0.3 is 15.2 Å². The minimum Gasteiger partial charge on any atom is -0.496 e. The normalized spacial score (nSPS) is 19.9. The molecular formula is C25H36N2O2. The fraction of sp³-hybridized carbons (Fsp3) is 0.520. The molecule has 158 valence electrons. The Bertz CT molecular complexity index is 707. The van der Waals surface area contributed by atoms with Gasteiger partial charge in [-0.15, -0.1) is 0 Å². The first kappa shape index (κ1) is 21.8. The van der Waals surface area contributed by atoms with E-state index in [4.69, 9.17) is 9.84 Å². The molecule has 1 aliphatic heterocycles. The van der Waals surface area contributed by atoms with Crippen LogP contribution in [0.2, 0.25) is 0 Å². The van der Waals surface area contributed by atoms with E-state index < -0.39 is 0 Å². The molecule has 0 bridgehead atoms. The van der Waals surface area contributed by atoms with Crippen LogP contribution >= 0.6 is 0 Å². The van der Waals surface area contributed by atoms with Gasteiger partial charge in [-0.25, -0.2) is 0 Å². The summed E-state index contributed by atoms with van der Waals surface area (Å²) in [6, 6.07) is 20.0. The first-order valence-corrected chi connectivity index (χ1v) is 11.1. The Balaban J connectivity index is 1.68. The Hall–Kier alpha value is -1.88. The number of rotatable bonds is 11. The highest BCUT2D eigenvalue weighted by Gasteiger charge is 2.32. The summed E-state index contributed by atoms with van der Waals surface area (Å²) in [7, 11) is 1.74. The highest BCUT2D eigenvalue weighted by Crippen LogP contribution is 2.32. The van der Waals surface area contributed by atoms with Crippen molar-refractivity contribution < 1.29 is 9.84 Å². The van der Waals surface area contributed by atoms with Crippen molar-refractivity contribution in [3.63, 3.8) is 0 Å². The first-order chi connectivity index (χ1) is 14.3. The molecule has 4 heteroatoms. The smallest absolute Gasteiger partial charge is 0.123 e. The molecule has 2 aromatic rings. The molecule has 1 aliphatic rings. The minimum atomic E-state index is 0.311. The fourth-order valence-corrected chi connectivity index (χ4v) is 4.49. The molecule has 2 aromatic carbocycles. The van der Waals surface area contributed by atoms with Gasteiger partial charge >= 0.3 is 0 Å². The molecule has 0 saturated carbocycles. The molecule has 0 aromatic heterocycles. The lowest BCUT2D eigenvalue weighted by atomic mass is 9.89. The summed E-state index contributed by atoms with van der Waals surface area (Å²) < 4.78 is 5.53. The number of hydrogen-bond acceptors (Lipinski definition) is 4. The molecule has 1 heterocycles. The van der Waals surface area contributed by atoms with Gasteiger partial charge in [-0.3, -0.25) is 4.90 Å². The number of likely N-dealkylation sites (tertiary alicyclic amines) is 1. The number of methoxy groups -OCH3 is 1. The van der Waals surface area contributed by atoms with Crippen molar-refractivity contribution in [1.29, 1.82) is 0 Å². The molecule has 1 saturated heterocycles. The largest absolute Gasteiger partial charge is 0.496 e. The standard InChI is InChI=1S/C25H36N2O2/c1-29-24-16-8-7-14-22(24)20-26-23-15-11-18-27(17-9-2-3-10-19-28)25(23)21-12-5-4-6-13-21/h4-8,12-14,16,23,25-26,28H,2-3,9-11,15,17-20H2,1H3. The predicted molar refractivity (Wildman–Crippen MR) is 119 cm³/mol. The third kappa shape index (κ3) is 6.30. The molecule has 4 nitrogen and oxygen atoms in total. The van der Waals surface area contributed by atoms with Crippen molar-refractivity contribution in [1.82, 2.24) is 10.2 Å². The molecule has 2 unspecified atom stereocenters. The summed E-state index contributed by atoms with van der Waals surface area (Å²) in [5.41, 5.74) is 2.61. The zero-order valence-electron chi connectivity index (χ0n) is 17.7. The van der Waals surface area contributed by atoms with Crippen molar-refractivity contribution in [2.75, 3.05) is 26.8 Å². The molecule has 2 atom stereocenters. The van der Waals surface area contributed by atoms with Gasteiger partial charge in [0.15, 0.2) is 0 Å². The second-order valence-electron chi connectivity index (χ2n) is 7.97. The second kappa shape index (κ2) is 12.0. The number of unbranched alkanes of at least 4 members (excludes halogenated alkanes) is 3. The lowest BCUT2D eigenvalue weighted by Gasteiger charge is -2.42. The molecule has 0 aliphatic carbocycles. The van der Waals surface area contributed by atoms with Crippen molar-refractivity contribution in [2.45, 2.75) is 57.2 Å². The van der Waals surface area contributed by atoms with Gasteiger partial charge in [0, 0.05) is 24.8 Å². The van der Waals surface area contributed by atoms with Crippen molar-refractivity contribution in [3.05, 3.63) is 65.7 Å². The average Bonchev–Trinajstić information content (AvgIpc) is 2.78. The lowest BCUT2D eigenvalue weighted by molar-refractivity contribution is 0.108. The quantitative estimate of drug-likeness (QED) is 0.547. The molecule has 29 heavy (non-hydrogen) atoms. The van der Waals surface area contributed by atoms with Gasteiger partial charge in [0.25, 0.3) is 0 Å². The topological polar surface area (TPSA) is 44.7 Å². The predicted octanol–water partition coefficient (Wildman–Crippen LogP) is 4.54. The first-order valence-electron chi connectivity index (χ1n) is 11.1. The van der Waals surface area contributed by atoms with E-state index in [2.05, 4.69) is 52.7 Å². The van der Waals surface area contributed by atoms with Gasteiger partial charge in [-0.05, 0) is 50.4 Å². The Kier molecular flexibility index (Phi) is 9.00. The van der Waals surface area contributed by atoms with E-state index in [1.54, 1.807) is 7.11 Å². The third-order valence-electron chi connectivity index (χ3n) is 5.98. The molecule has 0 radical (unpaired) electrons. The number of aliphatic hydroxyl groups is 1. The van der Waals surface area contributed by atoms with Crippen molar-refractivity contribution >= 4 is 0 Å². The monoisotopic (exact) mass is 396 g/mol. The van der Waals surface area contributed by atoms with Crippen LogP contribution in [-0.4, -0.2) is 42.9 Å². The highest BCUT2D eigenvalue weighted by molar-refractivity contribution is 5.33. The summed E-state index contributed by atoms with van der Waals surface area (Å²) >= 11 is 0. The number of benzene rings is 2. The average molecular weight is 397 g/mol. The van der Waals surface area contributed by atoms with Crippen LogP contribution in [0.4, 0.5) is 0 Å². The highest BCUT2D eigenvalue weighted by atomic mass is 16.5. The third-order valence-corrected chi connectivity index (χ3v) is 5.98. The Morgan fingerprint density at radius 3 is 2.55 bits per heavy atom. The Labute approximate surface area is 175 Å². The van der Waals surface area contributed by atoms with Gasteiger partial charge in [-0.2, -0.15) is 0 Å². The van der Waals surface area contributed by atoms with Crippen molar-refractivity contribution in [3.8, 4) is 5.75 Å². The Morgan fingerprint density at radius 2 is 1.76 bits per heavy atom. The molecule has 2 N–H and O–H groups in total. The van der Waals surface area contributed by atoms with Crippen LogP contribution in [0, 0.1) is 0 Å². The van der Waals surface area contributed by atoms with E-state index in [0.29, 0.717) is 18.7 Å². The van der Waals surface area contributed by atoms with E-state index in [1.807, 2.05) is 12.1 Å². The number of piperidine rings is 1. The van der Waals surface area contributed by atoms with Crippen LogP contribution < -0.4 is 10.1 Å². The van der Waals surface area contributed by atoms with E-state index in [9.17, 15) is 0 Å². The van der Waals surface area contributed by atoms with Crippen molar-refractivity contribution in [2.24, 2.45) is 0 Å². The molecule has 1 fully saturated rings. The minimum absolute atomic E-state index is 0.311. The summed E-state index contributed by atoms with van der Waals surface area (Å²) in [5.74, 6) is 0.952. The maximum atomic E-state index is 9.00. The van der Waals surface area contributed by atoms with Crippen LogP contribution in [-0.2, 0) is 6.54 Å². The van der Waals surface area contributed by atoms with Crippen LogP contribution in [0.3, 0.4) is 0 Å². The van der Waals surface area contributed by atoms with E-state index in [1.165, 1.54) is 36.8 Å². The van der Waals surface area contributed by atoms with Gasteiger partial charge in [0.2, 0.25) is 0 Å².